The summed E-state index contributed by atoms with van der Waals surface area (Å²) >= 11 is 1.31. The van der Waals surface area contributed by atoms with E-state index in [0.717, 1.165) is 11.1 Å². The lowest BCUT2D eigenvalue weighted by atomic mass is 10.1. The molecule has 1 aliphatic heterocycles. The highest BCUT2D eigenvalue weighted by Crippen LogP contribution is 2.23. The molecule has 28 heavy (non-hydrogen) atoms. The molecule has 1 saturated heterocycles. The van der Waals surface area contributed by atoms with Crippen molar-refractivity contribution in [2.24, 2.45) is 10.2 Å². The number of amidine groups is 1. The molecule has 2 N–H and O–H groups in total. The number of nitrogens with zero attached hydrogens (tertiary/aromatic N) is 2. The van der Waals surface area contributed by atoms with Crippen molar-refractivity contribution in [2.75, 3.05) is 6.61 Å². The molecule has 1 heterocycles. The lowest BCUT2D eigenvalue weighted by molar-refractivity contribution is -0.118. The lowest BCUT2D eigenvalue weighted by Gasteiger charge is -2.06. The van der Waals surface area contributed by atoms with Crippen molar-refractivity contribution < 1.29 is 19.4 Å². The maximum absolute atomic E-state index is 12.2. The van der Waals surface area contributed by atoms with Crippen LogP contribution < -0.4 is 5.32 Å². The molecule has 1 aliphatic rings. The third-order valence-corrected chi connectivity index (χ3v) is 4.98. The van der Waals surface area contributed by atoms with Gasteiger partial charge in [0.1, 0.15) is 5.75 Å². The molecular formula is C20H19N3O4S. The summed E-state index contributed by atoms with van der Waals surface area (Å²) in [5.74, 6) is -0.304. The van der Waals surface area contributed by atoms with Gasteiger partial charge in [-0.2, -0.15) is 5.10 Å². The monoisotopic (exact) mass is 397 g/mol. The number of aromatic hydroxyl groups is 1. The number of nitrogens with one attached hydrogen (secondary N) is 1. The maximum atomic E-state index is 12.2. The van der Waals surface area contributed by atoms with Crippen LogP contribution in [0.5, 0.6) is 5.75 Å². The second-order valence-electron chi connectivity index (χ2n) is 5.96. The van der Waals surface area contributed by atoms with Gasteiger partial charge in [-0.15, -0.1) is 5.10 Å². The first-order chi connectivity index (χ1) is 13.5. The lowest BCUT2D eigenvalue weighted by Crippen LogP contribution is -2.25. The minimum Gasteiger partial charge on any atom is -0.508 e. The highest BCUT2D eigenvalue weighted by Gasteiger charge is 2.30. The topological polar surface area (TPSA) is 100 Å². The molecule has 0 saturated carbocycles. The van der Waals surface area contributed by atoms with Crippen molar-refractivity contribution in [3.05, 3.63) is 65.2 Å². The predicted octanol–water partition coefficient (Wildman–Crippen LogP) is 2.73. The molecule has 7 nitrogen and oxygen atoms in total. The Morgan fingerprint density at radius 1 is 1.21 bits per heavy atom. The minimum atomic E-state index is -0.358. The number of thioether (sulfide) groups is 1. The third kappa shape index (κ3) is 5.20. The zero-order chi connectivity index (χ0) is 19.9. The number of rotatable bonds is 6. The molecule has 1 atom stereocenters. The van der Waals surface area contributed by atoms with Gasteiger partial charge in [0.15, 0.2) is 5.17 Å². The smallest absolute Gasteiger partial charge is 0.338 e. The molecule has 0 bridgehead atoms. The van der Waals surface area contributed by atoms with Crippen LogP contribution in [0.2, 0.25) is 0 Å². The number of amides is 1. The zero-order valence-corrected chi connectivity index (χ0v) is 16.0. The van der Waals surface area contributed by atoms with E-state index in [0.29, 0.717) is 23.8 Å². The van der Waals surface area contributed by atoms with Gasteiger partial charge in [-0.25, -0.2) is 4.79 Å². The summed E-state index contributed by atoms with van der Waals surface area (Å²) in [7, 11) is 0. The van der Waals surface area contributed by atoms with Crippen LogP contribution in [0.25, 0.3) is 0 Å². The molecule has 0 spiro atoms. The van der Waals surface area contributed by atoms with Gasteiger partial charge in [0.25, 0.3) is 0 Å². The molecule has 0 radical (unpaired) electrons. The fourth-order valence-electron chi connectivity index (χ4n) is 2.50. The Balaban J connectivity index is 1.58. The van der Waals surface area contributed by atoms with E-state index < -0.39 is 0 Å². The van der Waals surface area contributed by atoms with Crippen molar-refractivity contribution in [3.8, 4) is 5.75 Å². The van der Waals surface area contributed by atoms with E-state index in [1.165, 1.54) is 11.8 Å². The Labute approximate surface area is 166 Å². The number of hydrogen-bond acceptors (Lipinski definition) is 7. The summed E-state index contributed by atoms with van der Waals surface area (Å²) in [6.07, 6.45) is 2.06. The van der Waals surface area contributed by atoms with E-state index in [4.69, 9.17) is 4.74 Å². The maximum Gasteiger partial charge on any atom is 0.338 e. The highest BCUT2D eigenvalue weighted by molar-refractivity contribution is 8.15. The summed E-state index contributed by atoms with van der Waals surface area (Å²) in [4.78, 5) is 23.8. The summed E-state index contributed by atoms with van der Waals surface area (Å²) in [6, 6.07) is 13.6. The first-order valence-corrected chi connectivity index (χ1v) is 9.56. The molecule has 144 valence electrons. The fraction of sp³-hybridized carbons (Fsp3) is 0.200. The Morgan fingerprint density at radius 3 is 2.61 bits per heavy atom. The second kappa shape index (κ2) is 9.18. The van der Waals surface area contributed by atoms with Gasteiger partial charge < -0.3 is 15.2 Å². The van der Waals surface area contributed by atoms with Crippen LogP contribution in [0, 0.1) is 0 Å². The quantitative estimate of drug-likeness (QED) is 0.443. The molecular weight excluding hydrogens is 378 g/mol. The van der Waals surface area contributed by atoms with E-state index in [1.807, 2.05) is 12.1 Å². The summed E-state index contributed by atoms with van der Waals surface area (Å²) in [6.45, 7) is 2.09. The molecule has 0 aliphatic carbocycles. The van der Waals surface area contributed by atoms with E-state index in [-0.39, 0.29) is 22.9 Å². The van der Waals surface area contributed by atoms with E-state index in [2.05, 4.69) is 15.5 Å². The average molecular weight is 397 g/mol. The SMILES string of the molecule is CCOC(=O)c1ccc(C[C@@H]2S/C(=N\N=C/c3ccc(O)cc3)NC2=O)cc1. The zero-order valence-electron chi connectivity index (χ0n) is 15.2. The van der Waals surface area contributed by atoms with Crippen LogP contribution in [0.1, 0.15) is 28.4 Å². The minimum absolute atomic E-state index is 0.127. The summed E-state index contributed by atoms with van der Waals surface area (Å²) < 4.78 is 4.96. The number of phenolic OH excluding ortho intramolecular Hbond substituents is 1. The van der Waals surface area contributed by atoms with Crippen LogP contribution in [-0.4, -0.2) is 40.2 Å². The number of esters is 1. The Hall–Kier alpha value is -3.13. The normalized spacial score (nSPS) is 17.8. The van der Waals surface area contributed by atoms with Gasteiger partial charge in [0.2, 0.25) is 5.91 Å². The Kier molecular flexibility index (Phi) is 6.44. The Morgan fingerprint density at radius 2 is 1.93 bits per heavy atom. The van der Waals surface area contributed by atoms with Crippen molar-refractivity contribution >= 4 is 35.0 Å². The van der Waals surface area contributed by atoms with Crippen LogP contribution >= 0.6 is 11.8 Å². The molecule has 1 amide bonds. The van der Waals surface area contributed by atoms with Gasteiger partial charge >= 0.3 is 5.97 Å². The summed E-state index contributed by atoms with van der Waals surface area (Å²) in [5.41, 5.74) is 2.21. The van der Waals surface area contributed by atoms with Gasteiger partial charge in [-0.05, 0) is 60.9 Å². The number of phenols is 1. The second-order valence-corrected chi connectivity index (χ2v) is 7.15. The molecule has 0 unspecified atom stereocenters. The first-order valence-electron chi connectivity index (χ1n) is 8.69. The molecule has 2 aromatic carbocycles. The van der Waals surface area contributed by atoms with Crippen molar-refractivity contribution in [1.82, 2.24) is 5.32 Å². The van der Waals surface area contributed by atoms with Crippen LogP contribution in [0.3, 0.4) is 0 Å². The van der Waals surface area contributed by atoms with Crippen molar-refractivity contribution in [3.63, 3.8) is 0 Å². The molecule has 0 aromatic heterocycles. The number of benzene rings is 2. The standard InChI is InChI=1S/C20H19N3O4S/c1-2-27-19(26)15-7-3-13(4-8-15)11-17-18(25)22-20(28-17)23-21-12-14-5-9-16(24)10-6-14/h3-10,12,17,24H,2,11H2,1H3,(H,22,23,25)/b21-12-/t17-/m0/s1. The van der Waals surface area contributed by atoms with Gasteiger partial charge in [0, 0.05) is 0 Å². The molecule has 2 aromatic rings. The number of hydrogen-bond donors (Lipinski definition) is 2. The predicted molar refractivity (Wildman–Crippen MR) is 109 cm³/mol. The number of ether oxygens (including phenoxy) is 1. The average Bonchev–Trinajstić information content (AvgIpc) is 3.03. The first kappa shape index (κ1) is 19.6. The van der Waals surface area contributed by atoms with Crippen LogP contribution in [0.15, 0.2) is 58.7 Å². The van der Waals surface area contributed by atoms with Crippen LogP contribution in [0.4, 0.5) is 0 Å². The van der Waals surface area contributed by atoms with Crippen molar-refractivity contribution in [1.29, 1.82) is 0 Å². The number of carbonyl (C=O) groups is 2. The molecule has 8 heteroatoms. The van der Waals surface area contributed by atoms with E-state index in [9.17, 15) is 14.7 Å². The molecule has 3 rings (SSSR count). The third-order valence-electron chi connectivity index (χ3n) is 3.91. The van der Waals surface area contributed by atoms with Gasteiger partial charge in [0.05, 0.1) is 23.6 Å². The molecule has 1 fully saturated rings. The fourth-order valence-corrected chi connectivity index (χ4v) is 3.47. The van der Waals surface area contributed by atoms with E-state index in [1.54, 1.807) is 49.5 Å². The van der Waals surface area contributed by atoms with Gasteiger partial charge in [-0.1, -0.05) is 23.9 Å². The van der Waals surface area contributed by atoms with E-state index >= 15 is 0 Å². The highest BCUT2D eigenvalue weighted by atomic mass is 32.2. The van der Waals surface area contributed by atoms with Crippen molar-refractivity contribution in [2.45, 2.75) is 18.6 Å². The number of carbonyl (C=O) groups excluding carboxylic acids is 2. The van der Waals surface area contributed by atoms with Crippen LogP contribution in [-0.2, 0) is 16.0 Å². The Bertz CT molecular complexity index is 908. The largest absolute Gasteiger partial charge is 0.508 e. The van der Waals surface area contributed by atoms with Gasteiger partial charge in [-0.3, -0.25) is 4.79 Å². The summed E-state index contributed by atoms with van der Waals surface area (Å²) in [5, 5.41) is 20.1.